The zero-order valence-corrected chi connectivity index (χ0v) is 16.7. The van der Waals surface area contributed by atoms with E-state index in [2.05, 4.69) is 14.5 Å². The molecule has 0 bridgehead atoms. The van der Waals surface area contributed by atoms with E-state index >= 15 is 0 Å². The number of carbonyl (C=O) groups excluding carboxylic acids is 2. The highest BCUT2D eigenvalue weighted by Crippen LogP contribution is 2.55. The molecule has 2 heterocycles. The van der Waals surface area contributed by atoms with Gasteiger partial charge in [0.25, 0.3) is 0 Å². The molecular formula is C18H20F6N2O6. The second-order valence-corrected chi connectivity index (χ2v) is 6.92. The van der Waals surface area contributed by atoms with Crippen molar-refractivity contribution < 1.29 is 55.6 Å². The number of alkyl halides is 6. The number of carbonyl (C=O) groups is 2. The molecule has 0 saturated carbocycles. The number of esters is 2. The summed E-state index contributed by atoms with van der Waals surface area (Å²) in [4.78, 5) is 28.8. The maximum Gasteiger partial charge on any atom is 0.432 e. The van der Waals surface area contributed by atoms with E-state index in [1.165, 1.54) is 13.8 Å². The number of rotatable bonds is 5. The average molecular weight is 474 g/mol. The standard InChI is InChI=1S/C18H20F6N2O6/c1-3-31-13(27)11-10(9-6-5-7-25-8-9)12(14(28)32-4-2)16(30,18(22,23)24)26-15(11,29)17(19,20)21/h5-8,10-12,26,29-30H,3-4H2,1-2H3/t10?,11-,12+,15-,16-/m1/s1. The molecule has 1 aliphatic rings. The molecule has 0 spiro atoms. The van der Waals surface area contributed by atoms with Crippen molar-refractivity contribution in [2.45, 2.75) is 43.6 Å². The highest BCUT2D eigenvalue weighted by Gasteiger charge is 2.78. The minimum atomic E-state index is -5.93. The largest absolute Gasteiger partial charge is 0.466 e. The van der Waals surface area contributed by atoms with Crippen molar-refractivity contribution in [3.8, 4) is 0 Å². The van der Waals surface area contributed by atoms with Crippen molar-refractivity contribution in [2.75, 3.05) is 13.2 Å². The van der Waals surface area contributed by atoms with Crippen molar-refractivity contribution in [1.82, 2.24) is 10.3 Å². The summed E-state index contributed by atoms with van der Waals surface area (Å²) in [5, 5.41) is 21.6. The van der Waals surface area contributed by atoms with Crippen molar-refractivity contribution >= 4 is 11.9 Å². The summed E-state index contributed by atoms with van der Waals surface area (Å²) < 4.78 is 92.8. The summed E-state index contributed by atoms with van der Waals surface area (Å²) in [6.07, 6.45) is -9.91. The number of aliphatic hydroxyl groups is 2. The fourth-order valence-corrected chi connectivity index (χ4v) is 3.71. The molecule has 1 aliphatic heterocycles. The number of aromatic nitrogens is 1. The van der Waals surface area contributed by atoms with E-state index in [-0.39, 0.29) is 0 Å². The Morgan fingerprint density at radius 3 is 1.75 bits per heavy atom. The number of hydrogen-bond acceptors (Lipinski definition) is 8. The lowest BCUT2D eigenvalue weighted by atomic mass is 9.64. The molecule has 0 amide bonds. The smallest absolute Gasteiger partial charge is 0.432 e. The zero-order valence-electron chi connectivity index (χ0n) is 16.7. The molecule has 0 radical (unpaired) electrons. The minimum Gasteiger partial charge on any atom is -0.466 e. The number of hydrogen-bond donors (Lipinski definition) is 3. The van der Waals surface area contributed by atoms with Crippen molar-refractivity contribution in [2.24, 2.45) is 11.8 Å². The van der Waals surface area contributed by atoms with Crippen LogP contribution in [0.4, 0.5) is 26.3 Å². The molecule has 0 aromatic carbocycles. The van der Waals surface area contributed by atoms with E-state index in [1.54, 1.807) is 0 Å². The van der Waals surface area contributed by atoms with Crippen LogP contribution in [0.5, 0.6) is 0 Å². The van der Waals surface area contributed by atoms with Gasteiger partial charge in [-0.1, -0.05) is 6.07 Å². The molecule has 1 aromatic heterocycles. The Balaban J connectivity index is 2.93. The predicted molar refractivity (Wildman–Crippen MR) is 92.4 cm³/mol. The van der Waals surface area contributed by atoms with E-state index in [1.807, 2.05) is 0 Å². The van der Waals surface area contributed by atoms with E-state index in [0.717, 1.165) is 24.5 Å². The van der Waals surface area contributed by atoms with Crippen LogP contribution in [0.1, 0.15) is 25.3 Å². The Hall–Kier alpha value is -2.45. The van der Waals surface area contributed by atoms with E-state index in [4.69, 9.17) is 0 Å². The van der Waals surface area contributed by atoms with Gasteiger partial charge in [0.1, 0.15) is 11.8 Å². The molecule has 14 heteroatoms. The first-order chi connectivity index (χ1) is 14.7. The first-order valence-corrected chi connectivity index (χ1v) is 9.26. The number of nitrogens with zero attached hydrogens (tertiary/aromatic N) is 1. The predicted octanol–water partition coefficient (Wildman–Crippen LogP) is 1.63. The first kappa shape index (κ1) is 25.8. The summed E-state index contributed by atoms with van der Waals surface area (Å²) in [6.45, 7) is 1.46. The molecule has 32 heavy (non-hydrogen) atoms. The summed E-state index contributed by atoms with van der Waals surface area (Å²) in [6, 6.07) is 2.12. The summed E-state index contributed by atoms with van der Waals surface area (Å²) in [5.74, 6) is -11.6. The third-order valence-corrected chi connectivity index (χ3v) is 5.01. The van der Waals surface area contributed by atoms with Crippen LogP contribution < -0.4 is 5.32 Å². The normalized spacial score (nSPS) is 31.1. The first-order valence-electron chi connectivity index (χ1n) is 9.26. The Morgan fingerprint density at radius 1 is 1.00 bits per heavy atom. The molecule has 0 aliphatic carbocycles. The fourth-order valence-electron chi connectivity index (χ4n) is 3.71. The molecule has 3 N–H and O–H groups in total. The minimum absolute atomic E-state index is 0.476. The number of pyridine rings is 1. The maximum atomic E-state index is 13.9. The topological polar surface area (TPSA) is 118 Å². The lowest BCUT2D eigenvalue weighted by Crippen LogP contribution is -2.81. The van der Waals surface area contributed by atoms with Gasteiger partial charge in [-0.05, 0) is 25.5 Å². The molecular weight excluding hydrogens is 454 g/mol. The third kappa shape index (κ3) is 4.26. The van der Waals surface area contributed by atoms with Gasteiger partial charge >= 0.3 is 24.3 Å². The van der Waals surface area contributed by atoms with Crippen molar-refractivity contribution in [3.05, 3.63) is 30.1 Å². The molecule has 1 unspecified atom stereocenters. The SMILES string of the molecule is CCOC(=O)[C@@H]1C(c2cccnc2)[C@H](C(=O)OCC)[C@@](O)(C(F)(F)F)N[C@]1(O)C(F)(F)F. The van der Waals surface area contributed by atoms with Crippen LogP contribution in [-0.4, -0.2) is 64.2 Å². The molecule has 8 nitrogen and oxygen atoms in total. The van der Waals surface area contributed by atoms with Crippen LogP contribution in [0.15, 0.2) is 24.5 Å². The average Bonchev–Trinajstić information content (AvgIpc) is 2.66. The molecule has 180 valence electrons. The molecule has 2 rings (SSSR count). The van der Waals surface area contributed by atoms with Crippen LogP contribution in [0.2, 0.25) is 0 Å². The highest BCUT2D eigenvalue weighted by atomic mass is 19.4. The molecule has 1 aromatic rings. The fraction of sp³-hybridized carbons (Fsp3) is 0.611. The van der Waals surface area contributed by atoms with Gasteiger partial charge < -0.3 is 19.7 Å². The van der Waals surface area contributed by atoms with Gasteiger partial charge in [-0.3, -0.25) is 14.6 Å². The Kier molecular flexibility index (Phi) is 7.12. The zero-order chi connectivity index (χ0) is 24.5. The number of halogens is 6. The van der Waals surface area contributed by atoms with Gasteiger partial charge in [-0.15, -0.1) is 0 Å². The summed E-state index contributed by atoms with van der Waals surface area (Å²) >= 11 is 0. The van der Waals surface area contributed by atoms with Gasteiger partial charge in [0.2, 0.25) is 11.4 Å². The molecule has 1 saturated heterocycles. The number of ether oxygens (including phenoxy) is 2. The van der Waals surface area contributed by atoms with Gasteiger partial charge in [0, 0.05) is 18.3 Å². The number of piperidine rings is 1. The second-order valence-electron chi connectivity index (χ2n) is 6.92. The van der Waals surface area contributed by atoms with Gasteiger partial charge in [0.15, 0.2) is 0 Å². The van der Waals surface area contributed by atoms with Crippen LogP contribution in [0.25, 0.3) is 0 Å². The Labute approximate surface area is 177 Å². The lowest BCUT2D eigenvalue weighted by Gasteiger charge is -2.54. The van der Waals surface area contributed by atoms with Gasteiger partial charge in [0.05, 0.1) is 13.2 Å². The van der Waals surface area contributed by atoms with Crippen molar-refractivity contribution in [3.63, 3.8) is 0 Å². The Morgan fingerprint density at radius 2 is 1.44 bits per heavy atom. The Bertz CT molecular complexity index is 787. The highest BCUT2D eigenvalue weighted by molar-refractivity contribution is 5.81. The van der Waals surface area contributed by atoms with E-state index in [0.29, 0.717) is 5.32 Å². The molecule has 5 atom stereocenters. The summed E-state index contributed by atoms with van der Waals surface area (Å²) in [5.41, 5.74) is -9.77. The summed E-state index contributed by atoms with van der Waals surface area (Å²) in [7, 11) is 0. The van der Waals surface area contributed by atoms with Crippen LogP contribution >= 0.6 is 0 Å². The van der Waals surface area contributed by atoms with E-state index in [9.17, 15) is 46.1 Å². The third-order valence-electron chi connectivity index (χ3n) is 5.01. The van der Waals surface area contributed by atoms with Gasteiger partial charge in [-0.2, -0.15) is 26.3 Å². The maximum absolute atomic E-state index is 13.9. The monoisotopic (exact) mass is 474 g/mol. The second kappa shape index (κ2) is 8.83. The van der Waals surface area contributed by atoms with Crippen molar-refractivity contribution in [1.29, 1.82) is 0 Å². The van der Waals surface area contributed by atoms with Crippen LogP contribution in [-0.2, 0) is 19.1 Å². The van der Waals surface area contributed by atoms with Crippen LogP contribution in [0, 0.1) is 11.8 Å². The quantitative estimate of drug-likeness (QED) is 0.436. The number of nitrogens with one attached hydrogen (secondary N) is 1. The van der Waals surface area contributed by atoms with E-state index < -0.39 is 72.3 Å². The molecule has 1 fully saturated rings. The lowest BCUT2D eigenvalue weighted by molar-refractivity contribution is -0.376. The van der Waals surface area contributed by atoms with Gasteiger partial charge in [-0.25, -0.2) is 5.32 Å². The van der Waals surface area contributed by atoms with Crippen LogP contribution in [0.3, 0.4) is 0 Å².